The summed E-state index contributed by atoms with van der Waals surface area (Å²) in [6, 6.07) is 21.7. The lowest BCUT2D eigenvalue weighted by molar-refractivity contribution is 0.0770. The first kappa shape index (κ1) is 23.1. The molecule has 0 saturated heterocycles. The first-order valence-corrected chi connectivity index (χ1v) is 13.2. The number of rotatable bonds is 8. The lowest BCUT2D eigenvalue weighted by Crippen LogP contribution is -2.56. The third-order valence-corrected chi connectivity index (χ3v) is 8.88. The molecule has 1 atom stereocenters. The molecule has 1 unspecified atom stereocenters. The molecule has 2 heterocycles. The number of aromatic amines is 1. The number of hydrogen-bond donors (Lipinski definition) is 4. The van der Waals surface area contributed by atoms with E-state index < -0.39 is 0 Å². The second-order valence-electron chi connectivity index (χ2n) is 10.8. The summed E-state index contributed by atoms with van der Waals surface area (Å²) in [5.41, 5.74) is 19.2. The lowest BCUT2D eigenvalue weighted by Gasteiger charge is -2.54. The van der Waals surface area contributed by atoms with Gasteiger partial charge in [0.05, 0.1) is 0 Å². The summed E-state index contributed by atoms with van der Waals surface area (Å²) in [7, 11) is 0. The topological polar surface area (TPSA) is 119 Å². The largest absolute Gasteiger partial charge is 0.384 e. The minimum absolute atomic E-state index is 0.119. The van der Waals surface area contributed by atoms with Gasteiger partial charge in [0.15, 0.2) is 5.65 Å². The highest BCUT2D eigenvalue weighted by molar-refractivity contribution is 5.77. The minimum atomic E-state index is 0.119. The number of nitrogens with two attached hydrogens (primary N) is 2. The number of hydrogen-bond acceptors (Lipinski definition) is 6. The number of anilines is 1. The van der Waals surface area contributed by atoms with Crippen LogP contribution in [0.5, 0.6) is 0 Å². The van der Waals surface area contributed by atoms with Gasteiger partial charge in [-0.1, -0.05) is 59.8 Å². The van der Waals surface area contributed by atoms with Crippen LogP contribution in [0.1, 0.15) is 73.1 Å². The molecule has 3 aliphatic rings. The van der Waals surface area contributed by atoms with Crippen LogP contribution in [0.3, 0.4) is 0 Å². The molecule has 0 amide bonds. The Morgan fingerprint density at radius 1 is 0.944 bits per heavy atom. The Labute approximate surface area is 212 Å². The van der Waals surface area contributed by atoms with Crippen LogP contribution in [0.4, 0.5) is 5.82 Å². The van der Waals surface area contributed by atoms with E-state index in [4.69, 9.17) is 11.5 Å². The van der Waals surface area contributed by atoms with Gasteiger partial charge >= 0.3 is 0 Å². The van der Waals surface area contributed by atoms with E-state index in [-0.39, 0.29) is 11.5 Å². The highest BCUT2D eigenvalue weighted by Gasteiger charge is 2.48. The molecule has 0 spiro atoms. The Hall–Kier alpha value is -3.29. The van der Waals surface area contributed by atoms with Crippen LogP contribution in [0.2, 0.25) is 0 Å². The van der Waals surface area contributed by atoms with Crippen LogP contribution in [0.15, 0.2) is 60.7 Å². The molecule has 2 bridgehead atoms. The van der Waals surface area contributed by atoms with Crippen molar-refractivity contribution in [1.82, 2.24) is 25.7 Å². The number of aromatic nitrogens is 4. The third kappa shape index (κ3) is 4.16. The molecule has 0 radical (unpaired) electrons. The van der Waals surface area contributed by atoms with E-state index in [0.717, 1.165) is 29.6 Å². The Kier molecular flexibility index (Phi) is 5.97. The Morgan fingerprint density at radius 2 is 1.72 bits per heavy atom. The summed E-state index contributed by atoms with van der Waals surface area (Å²) < 4.78 is 0. The van der Waals surface area contributed by atoms with Gasteiger partial charge < -0.3 is 16.8 Å². The smallest absolute Gasteiger partial charge is 0.178 e. The van der Waals surface area contributed by atoms with Crippen LogP contribution in [0, 0.1) is 0 Å². The molecule has 7 rings (SSSR count). The maximum atomic E-state index is 6.19. The van der Waals surface area contributed by atoms with E-state index in [9.17, 15) is 0 Å². The van der Waals surface area contributed by atoms with Crippen molar-refractivity contribution in [3.63, 3.8) is 0 Å². The van der Waals surface area contributed by atoms with Gasteiger partial charge in [-0.2, -0.15) is 0 Å². The number of nitrogens with zero attached hydrogens (tertiary/aromatic N) is 3. The fraction of sp³-hybridized carbons (Fsp3) is 0.414. The zero-order valence-electron chi connectivity index (χ0n) is 20.7. The van der Waals surface area contributed by atoms with Crippen molar-refractivity contribution in [3.05, 3.63) is 82.9 Å². The summed E-state index contributed by atoms with van der Waals surface area (Å²) in [5.74, 6) is 0.598. The molecule has 3 aliphatic carbocycles. The number of fused-ring (bicyclic) bond motifs is 4. The summed E-state index contributed by atoms with van der Waals surface area (Å²) in [4.78, 5) is 4.38. The summed E-state index contributed by atoms with van der Waals surface area (Å²) in [6.45, 7) is 1.44. The lowest BCUT2D eigenvalue weighted by atomic mass is 9.55. The predicted molar refractivity (Wildman–Crippen MR) is 143 cm³/mol. The highest BCUT2D eigenvalue weighted by Crippen LogP contribution is 2.53. The van der Waals surface area contributed by atoms with Crippen LogP contribution in [0.25, 0.3) is 11.2 Å². The monoisotopic (exact) mass is 481 g/mol. The minimum Gasteiger partial charge on any atom is -0.384 e. The van der Waals surface area contributed by atoms with Crippen LogP contribution < -0.4 is 16.8 Å². The Morgan fingerprint density at radius 3 is 2.47 bits per heavy atom. The van der Waals surface area contributed by atoms with Crippen molar-refractivity contribution in [1.29, 1.82) is 0 Å². The van der Waals surface area contributed by atoms with Crippen molar-refractivity contribution in [3.8, 4) is 0 Å². The molecule has 3 fully saturated rings. The van der Waals surface area contributed by atoms with E-state index in [1.165, 1.54) is 49.7 Å². The maximum absolute atomic E-state index is 6.19. The van der Waals surface area contributed by atoms with Gasteiger partial charge in [0.25, 0.3) is 0 Å². The quantitative estimate of drug-likeness (QED) is 0.293. The molecule has 7 nitrogen and oxygen atoms in total. The Bertz CT molecular complexity index is 1320. The molecule has 36 heavy (non-hydrogen) atoms. The van der Waals surface area contributed by atoms with Gasteiger partial charge in [0, 0.05) is 18.0 Å². The fourth-order valence-electron chi connectivity index (χ4n) is 6.75. The van der Waals surface area contributed by atoms with Crippen molar-refractivity contribution in [2.75, 3.05) is 12.3 Å². The first-order chi connectivity index (χ1) is 17.6. The highest BCUT2D eigenvalue weighted by atomic mass is 15.3. The number of pyridine rings is 1. The second-order valence-corrected chi connectivity index (χ2v) is 10.8. The number of nitrogen functional groups attached to an aromatic ring is 1. The van der Waals surface area contributed by atoms with Gasteiger partial charge in [-0.25, -0.2) is 10.1 Å². The van der Waals surface area contributed by atoms with Crippen molar-refractivity contribution in [2.45, 2.75) is 68.4 Å². The van der Waals surface area contributed by atoms with E-state index in [1.807, 2.05) is 6.07 Å². The van der Waals surface area contributed by atoms with Crippen LogP contribution >= 0.6 is 0 Å². The summed E-state index contributed by atoms with van der Waals surface area (Å²) >= 11 is 0. The molecule has 2 aromatic carbocycles. The van der Waals surface area contributed by atoms with E-state index >= 15 is 0 Å². The molecule has 7 heteroatoms. The van der Waals surface area contributed by atoms with E-state index in [2.05, 4.69) is 80.3 Å². The van der Waals surface area contributed by atoms with Gasteiger partial charge in [-0.05, 0) is 85.2 Å². The van der Waals surface area contributed by atoms with Gasteiger partial charge in [0.1, 0.15) is 11.3 Å². The Balaban J connectivity index is 1.22. The third-order valence-electron chi connectivity index (χ3n) is 8.88. The zero-order valence-corrected chi connectivity index (χ0v) is 20.7. The summed E-state index contributed by atoms with van der Waals surface area (Å²) in [6.07, 6.45) is 8.47. The number of H-pyrrole nitrogens is 1. The van der Waals surface area contributed by atoms with Crippen molar-refractivity contribution >= 4 is 17.0 Å². The zero-order chi connectivity index (χ0) is 24.6. The maximum Gasteiger partial charge on any atom is 0.178 e. The van der Waals surface area contributed by atoms with E-state index in [0.29, 0.717) is 23.4 Å². The average Bonchev–Trinajstić information content (AvgIpc) is 3.41. The normalized spacial score (nSPS) is 24.2. The standard InChI is InChI=1S/C29H35N7/c30-19-20-5-4-6-21(17-20)23(24-18-25(31)33-27-26(24)34-36-35-27)9-16-32-29-13-10-28(11-14-29,12-15-29)22-7-2-1-3-8-22/h1-8,17-18,23,32H,9-16,19,30H2,(H3,31,33,34,35,36). The molecule has 3 saturated carbocycles. The molecular formula is C29H35N7. The SMILES string of the molecule is NCc1cccc(C(CCNC23CCC(c4ccccc4)(CC2)CC3)c2cc(N)nc3[nH]nnc23)c1. The van der Waals surface area contributed by atoms with Gasteiger partial charge in [0.2, 0.25) is 0 Å². The predicted octanol–water partition coefficient (Wildman–Crippen LogP) is 4.55. The fourth-order valence-corrected chi connectivity index (χ4v) is 6.75. The molecule has 0 aliphatic heterocycles. The first-order valence-electron chi connectivity index (χ1n) is 13.2. The number of benzene rings is 2. The number of nitrogens with one attached hydrogen (secondary N) is 2. The van der Waals surface area contributed by atoms with Gasteiger partial charge in [-0.3, -0.25) is 0 Å². The van der Waals surface area contributed by atoms with Crippen LogP contribution in [-0.4, -0.2) is 32.5 Å². The molecule has 186 valence electrons. The second kappa shape index (κ2) is 9.30. The summed E-state index contributed by atoms with van der Waals surface area (Å²) in [5, 5.41) is 15.3. The molecule has 4 aromatic rings. The van der Waals surface area contributed by atoms with Crippen molar-refractivity contribution in [2.24, 2.45) is 5.73 Å². The average molecular weight is 482 g/mol. The molecular weight excluding hydrogens is 446 g/mol. The van der Waals surface area contributed by atoms with Crippen LogP contribution in [-0.2, 0) is 12.0 Å². The molecule has 2 aromatic heterocycles. The molecule has 6 N–H and O–H groups in total. The van der Waals surface area contributed by atoms with E-state index in [1.54, 1.807) is 0 Å². The van der Waals surface area contributed by atoms with Crippen molar-refractivity contribution < 1.29 is 0 Å². The van der Waals surface area contributed by atoms with Gasteiger partial charge in [-0.15, -0.1) is 5.10 Å².